The molecule has 2 aromatic heterocycles. The van der Waals surface area contributed by atoms with E-state index in [-0.39, 0.29) is 5.95 Å². The first-order valence-corrected chi connectivity index (χ1v) is 6.05. The van der Waals surface area contributed by atoms with Crippen molar-refractivity contribution in [1.82, 2.24) is 9.97 Å². The van der Waals surface area contributed by atoms with E-state index in [1.54, 1.807) is 18.4 Å². The normalized spacial score (nSPS) is 10.6. The molecule has 3 rings (SSSR count). The summed E-state index contributed by atoms with van der Waals surface area (Å²) in [5, 5.41) is 0.617. The zero-order chi connectivity index (χ0) is 13.2. The molecule has 0 aliphatic rings. The van der Waals surface area contributed by atoms with E-state index in [4.69, 9.17) is 21.8 Å². The van der Waals surface area contributed by atoms with Crippen molar-refractivity contribution < 1.29 is 4.42 Å². The van der Waals surface area contributed by atoms with Crippen LogP contribution < -0.4 is 5.73 Å². The van der Waals surface area contributed by atoms with Crippen molar-refractivity contribution in [2.75, 3.05) is 5.73 Å². The molecule has 0 spiro atoms. The summed E-state index contributed by atoms with van der Waals surface area (Å²) in [7, 11) is 0. The fourth-order valence-electron chi connectivity index (χ4n) is 1.82. The van der Waals surface area contributed by atoms with Crippen LogP contribution in [0.1, 0.15) is 0 Å². The van der Waals surface area contributed by atoms with Gasteiger partial charge in [-0.05, 0) is 24.3 Å². The molecule has 1 aromatic carbocycles. The Morgan fingerprint density at radius 3 is 2.53 bits per heavy atom. The van der Waals surface area contributed by atoms with Gasteiger partial charge in [-0.25, -0.2) is 9.97 Å². The summed E-state index contributed by atoms with van der Waals surface area (Å²) >= 11 is 6.16. The SMILES string of the molecule is Nc1nc(-c2ccco2)cc(-c2ccccc2Cl)n1. The molecule has 0 fully saturated rings. The molecule has 0 aliphatic carbocycles. The number of hydrogen-bond acceptors (Lipinski definition) is 4. The topological polar surface area (TPSA) is 64.9 Å². The van der Waals surface area contributed by atoms with Gasteiger partial charge in [0.05, 0.1) is 12.0 Å². The van der Waals surface area contributed by atoms with Gasteiger partial charge in [0.25, 0.3) is 0 Å². The molecule has 3 aromatic rings. The van der Waals surface area contributed by atoms with Gasteiger partial charge in [0.15, 0.2) is 5.76 Å². The number of aromatic nitrogens is 2. The highest BCUT2D eigenvalue weighted by Crippen LogP contribution is 2.29. The highest BCUT2D eigenvalue weighted by Gasteiger charge is 2.10. The Morgan fingerprint density at radius 2 is 1.79 bits per heavy atom. The van der Waals surface area contributed by atoms with Crippen molar-refractivity contribution in [2.24, 2.45) is 0 Å². The van der Waals surface area contributed by atoms with Crippen molar-refractivity contribution in [3.8, 4) is 22.7 Å². The van der Waals surface area contributed by atoms with Gasteiger partial charge in [0, 0.05) is 10.6 Å². The third kappa shape index (κ3) is 2.30. The minimum atomic E-state index is 0.184. The Morgan fingerprint density at radius 1 is 1.00 bits per heavy atom. The van der Waals surface area contributed by atoms with Crippen LogP contribution in [-0.4, -0.2) is 9.97 Å². The van der Waals surface area contributed by atoms with Crippen LogP contribution >= 0.6 is 11.6 Å². The van der Waals surface area contributed by atoms with Crippen LogP contribution in [0.3, 0.4) is 0 Å². The van der Waals surface area contributed by atoms with E-state index in [0.29, 0.717) is 22.2 Å². The van der Waals surface area contributed by atoms with Gasteiger partial charge in [-0.1, -0.05) is 29.8 Å². The maximum atomic E-state index is 6.16. The van der Waals surface area contributed by atoms with Crippen LogP contribution in [0.5, 0.6) is 0 Å². The van der Waals surface area contributed by atoms with Gasteiger partial charge >= 0.3 is 0 Å². The molecule has 4 nitrogen and oxygen atoms in total. The third-order valence-corrected chi connectivity index (χ3v) is 3.00. The van der Waals surface area contributed by atoms with Crippen LogP contribution in [0.25, 0.3) is 22.7 Å². The highest BCUT2D eigenvalue weighted by atomic mass is 35.5. The minimum Gasteiger partial charge on any atom is -0.463 e. The molecule has 5 heteroatoms. The number of benzene rings is 1. The summed E-state index contributed by atoms with van der Waals surface area (Å²) in [6.07, 6.45) is 1.59. The lowest BCUT2D eigenvalue weighted by atomic mass is 10.1. The molecule has 0 saturated carbocycles. The average Bonchev–Trinajstić information content (AvgIpc) is 2.92. The van der Waals surface area contributed by atoms with Crippen molar-refractivity contribution in [3.05, 3.63) is 53.8 Å². The van der Waals surface area contributed by atoms with Gasteiger partial charge < -0.3 is 10.2 Å². The van der Waals surface area contributed by atoms with E-state index in [2.05, 4.69) is 9.97 Å². The van der Waals surface area contributed by atoms with Crippen LogP contribution in [0.15, 0.2) is 53.1 Å². The Balaban J connectivity index is 2.16. The number of nitrogens with two attached hydrogens (primary N) is 1. The summed E-state index contributed by atoms with van der Waals surface area (Å²) in [4.78, 5) is 8.38. The summed E-state index contributed by atoms with van der Waals surface area (Å²) < 4.78 is 5.32. The van der Waals surface area contributed by atoms with E-state index in [1.165, 1.54) is 0 Å². The van der Waals surface area contributed by atoms with E-state index in [9.17, 15) is 0 Å². The Labute approximate surface area is 114 Å². The summed E-state index contributed by atoms with van der Waals surface area (Å²) in [5.41, 5.74) is 7.86. The lowest BCUT2D eigenvalue weighted by Gasteiger charge is -2.06. The largest absolute Gasteiger partial charge is 0.463 e. The van der Waals surface area contributed by atoms with E-state index in [1.807, 2.05) is 30.3 Å². The van der Waals surface area contributed by atoms with Gasteiger partial charge in [0.2, 0.25) is 5.95 Å². The number of nitrogen functional groups attached to an aromatic ring is 1. The second kappa shape index (κ2) is 4.74. The van der Waals surface area contributed by atoms with Crippen molar-refractivity contribution in [3.63, 3.8) is 0 Å². The van der Waals surface area contributed by atoms with Gasteiger partial charge in [-0.3, -0.25) is 0 Å². The van der Waals surface area contributed by atoms with Crippen LogP contribution in [0.2, 0.25) is 5.02 Å². The molecule has 0 radical (unpaired) electrons. The van der Waals surface area contributed by atoms with Crippen LogP contribution in [0.4, 0.5) is 5.95 Å². The number of halogens is 1. The average molecular weight is 272 g/mol. The van der Waals surface area contributed by atoms with E-state index < -0.39 is 0 Å². The third-order valence-electron chi connectivity index (χ3n) is 2.67. The Kier molecular flexibility index (Phi) is 2.93. The summed E-state index contributed by atoms with van der Waals surface area (Å²) in [6, 6.07) is 12.9. The highest BCUT2D eigenvalue weighted by molar-refractivity contribution is 6.33. The standard InChI is InChI=1S/C14H10ClN3O/c15-10-5-2-1-4-9(10)11-8-12(18-14(16)17-11)13-6-3-7-19-13/h1-8H,(H2,16,17,18). The number of anilines is 1. The van der Waals surface area contributed by atoms with Crippen LogP contribution in [0, 0.1) is 0 Å². The quantitative estimate of drug-likeness (QED) is 0.773. The molecular weight excluding hydrogens is 262 g/mol. The van der Waals surface area contributed by atoms with Crippen molar-refractivity contribution in [2.45, 2.75) is 0 Å². The monoisotopic (exact) mass is 271 g/mol. The molecule has 0 saturated heterocycles. The smallest absolute Gasteiger partial charge is 0.221 e. The van der Waals surface area contributed by atoms with Crippen LogP contribution in [-0.2, 0) is 0 Å². The van der Waals surface area contributed by atoms with Gasteiger partial charge in [0.1, 0.15) is 5.69 Å². The predicted octanol–water partition coefficient (Wildman–Crippen LogP) is 3.64. The predicted molar refractivity (Wildman–Crippen MR) is 74.6 cm³/mol. The Bertz CT molecular complexity index is 710. The maximum absolute atomic E-state index is 6.16. The first-order chi connectivity index (χ1) is 9.24. The fraction of sp³-hybridized carbons (Fsp3) is 0. The number of rotatable bonds is 2. The molecule has 0 aliphatic heterocycles. The first kappa shape index (κ1) is 11.7. The number of furan rings is 1. The zero-order valence-electron chi connectivity index (χ0n) is 9.88. The molecule has 94 valence electrons. The van der Waals surface area contributed by atoms with Crippen molar-refractivity contribution in [1.29, 1.82) is 0 Å². The molecular formula is C14H10ClN3O. The summed E-state index contributed by atoms with van der Waals surface area (Å²) in [5.74, 6) is 0.825. The van der Waals surface area contributed by atoms with E-state index in [0.717, 1.165) is 5.56 Å². The first-order valence-electron chi connectivity index (χ1n) is 5.67. The molecule has 2 N–H and O–H groups in total. The zero-order valence-corrected chi connectivity index (χ0v) is 10.6. The molecule has 0 atom stereocenters. The fourth-order valence-corrected chi connectivity index (χ4v) is 2.06. The van der Waals surface area contributed by atoms with Gasteiger partial charge in [-0.2, -0.15) is 0 Å². The molecule has 0 bridgehead atoms. The second-order valence-electron chi connectivity index (χ2n) is 3.95. The number of hydrogen-bond donors (Lipinski definition) is 1. The molecule has 19 heavy (non-hydrogen) atoms. The maximum Gasteiger partial charge on any atom is 0.221 e. The number of nitrogens with zero attached hydrogens (tertiary/aromatic N) is 2. The molecule has 0 unspecified atom stereocenters. The lowest BCUT2D eigenvalue weighted by molar-refractivity contribution is 0.580. The molecule has 2 heterocycles. The summed E-state index contributed by atoms with van der Waals surface area (Å²) in [6.45, 7) is 0. The van der Waals surface area contributed by atoms with E-state index >= 15 is 0 Å². The van der Waals surface area contributed by atoms with Crippen molar-refractivity contribution >= 4 is 17.5 Å². The van der Waals surface area contributed by atoms with Gasteiger partial charge in [-0.15, -0.1) is 0 Å². The minimum absolute atomic E-state index is 0.184. The second-order valence-corrected chi connectivity index (χ2v) is 4.36. The Hall–Kier alpha value is -2.33. The molecule has 0 amide bonds. The lowest BCUT2D eigenvalue weighted by Crippen LogP contribution is -1.98.